The summed E-state index contributed by atoms with van der Waals surface area (Å²) in [4.78, 5) is 34.2. The molecule has 0 aromatic heterocycles. The molecule has 0 radical (unpaired) electrons. The van der Waals surface area contributed by atoms with Gasteiger partial charge in [0.15, 0.2) is 5.78 Å². The topological polar surface area (TPSA) is 81.7 Å². The predicted octanol–water partition coefficient (Wildman–Crippen LogP) is 0.525. The van der Waals surface area contributed by atoms with E-state index in [4.69, 9.17) is 9.47 Å². The molecule has 1 aliphatic carbocycles. The van der Waals surface area contributed by atoms with Crippen molar-refractivity contribution in [2.45, 2.75) is 31.9 Å². The SMILES string of the molecule is CCOC(=O)C(CC1(OC)C=CC(=O)C=C1)NC(C)=O. The van der Waals surface area contributed by atoms with Gasteiger partial charge in [0.05, 0.1) is 6.61 Å². The number of esters is 1. The highest BCUT2D eigenvalue weighted by Gasteiger charge is 2.34. The van der Waals surface area contributed by atoms with Crippen molar-refractivity contribution >= 4 is 17.7 Å². The van der Waals surface area contributed by atoms with Gasteiger partial charge in [-0.15, -0.1) is 0 Å². The second-order valence-electron chi connectivity index (χ2n) is 4.44. The maximum atomic E-state index is 11.9. The monoisotopic (exact) mass is 281 g/mol. The zero-order valence-corrected chi connectivity index (χ0v) is 11.8. The van der Waals surface area contributed by atoms with E-state index in [0.29, 0.717) is 0 Å². The third-order valence-electron chi connectivity index (χ3n) is 2.91. The van der Waals surface area contributed by atoms with Crippen LogP contribution >= 0.6 is 0 Å². The second kappa shape index (κ2) is 7.00. The van der Waals surface area contributed by atoms with Crippen molar-refractivity contribution in [1.82, 2.24) is 5.32 Å². The quantitative estimate of drug-likeness (QED) is 0.718. The van der Waals surface area contributed by atoms with E-state index in [1.807, 2.05) is 0 Å². The summed E-state index contributed by atoms with van der Waals surface area (Å²) in [6, 6.07) is -0.838. The first-order chi connectivity index (χ1) is 9.42. The van der Waals surface area contributed by atoms with Gasteiger partial charge in [-0.05, 0) is 31.2 Å². The van der Waals surface area contributed by atoms with E-state index in [-0.39, 0.29) is 24.7 Å². The number of allylic oxidation sites excluding steroid dienone is 2. The van der Waals surface area contributed by atoms with Gasteiger partial charge in [0.2, 0.25) is 5.91 Å². The average molecular weight is 281 g/mol. The minimum Gasteiger partial charge on any atom is -0.464 e. The molecule has 0 heterocycles. The fourth-order valence-electron chi connectivity index (χ4n) is 1.91. The highest BCUT2D eigenvalue weighted by atomic mass is 16.5. The summed E-state index contributed by atoms with van der Waals surface area (Å²) in [6.07, 6.45) is 6.05. The molecule has 0 aromatic carbocycles. The number of carbonyl (C=O) groups excluding carboxylic acids is 3. The minimum absolute atomic E-state index is 0.148. The van der Waals surface area contributed by atoms with Crippen LogP contribution < -0.4 is 5.32 Å². The lowest BCUT2D eigenvalue weighted by Gasteiger charge is -2.30. The zero-order chi connectivity index (χ0) is 15.2. The summed E-state index contributed by atoms with van der Waals surface area (Å²) >= 11 is 0. The molecule has 1 N–H and O–H groups in total. The van der Waals surface area contributed by atoms with Crippen LogP contribution in [0.4, 0.5) is 0 Å². The van der Waals surface area contributed by atoms with Crippen LogP contribution in [0.15, 0.2) is 24.3 Å². The molecule has 0 aliphatic heterocycles. The summed E-state index contributed by atoms with van der Waals surface area (Å²) in [5.74, 6) is -1.02. The first kappa shape index (κ1) is 16.1. The van der Waals surface area contributed by atoms with Crippen molar-refractivity contribution in [2.75, 3.05) is 13.7 Å². The maximum Gasteiger partial charge on any atom is 0.328 e. The Bertz CT molecular complexity index is 436. The van der Waals surface area contributed by atoms with Crippen molar-refractivity contribution in [3.05, 3.63) is 24.3 Å². The summed E-state index contributed by atoms with van der Waals surface area (Å²) in [5.41, 5.74) is -0.909. The molecule has 1 amide bonds. The number of ether oxygens (including phenoxy) is 2. The number of carbonyl (C=O) groups is 3. The summed E-state index contributed by atoms with van der Waals surface area (Å²) in [6.45, 7) is 3.23. The number of nitrogens with one attached hydrogen (secondary N) is 1. The Morgan fingerprint density at radius 3 is 2.40 bits per heavy atom. The minimum atomic E-state index is -0.909. The average Bonchev–Trinajstić information content (AvgIpc) is 2.40. The fraction of sp³-hybridized carbons (Fsp3) is 0.500. The van der Waals surface area contributed by atoms with Gasteiger partial charge in [-0.1, -0.05) is 0 Å². The maximum absolute atomic E-state index is 11.9. The number of ketones is 1. The summed E-state index contributed by atoms with van der Waals surface area (Å²) < 4.78 is 10.3. The predicted molar refractivity (Wildman–Crippen MR) is 71.9 cm³/mol. The molecule has 0 fully saturated rings. The van der Waals surface area contributed by atoms with E-state index < -0.39 is 17.6 Å². The zero-order valence-electron chi connectivity index (χ0n) is 11.8. The Balaban J connectivity index is 2.89. The lowest BCUT2D eigenvalue weighted by molar-refractivity contribution is -0.148. The van der Waals surface area contributed by atoms with Gasteiger partial charge in [0.1, 0.15) is 11.6 Å². The van der Waals surface area contributed by atoms with E-state index >= 15 is 0 Å². The van der Waals surface area contributed by atoms with E-state index in [1.165, 1.54) is 26.2 Å². The number of hydrogen-bond acceptors (Lipinski definition) is 5. The van der Waals surface area contributed by atoms with E-state index in [9.17, 15) is 14.4 Å². The Morgan fingerprint density at radius 1 is 1.35 bits per heavy atom. The van der Waals surface area contributed by atoms with Crippen molar-refractivity contribution in [3.8, 4) is 0 Å². The normalized spacial score (nSPS) is 17.6. The third-order valence-corrected chi connectivity index (χ3v) is 2.91. The lowest BCUT2D eigenvalue weighted by Crippen LogP contribution is -2.46. The Morgan fingerprint density at radius 2 is 1.95 bits per heavy atom. The summed E-state index contributed by atoms with van der Waals surface area (Å²) in [7, 11) is 1.47. The molecule has 1 unspecified atom stereocenters. The molecule has 0 saturated heterocycles. The van der Waals surface area contributed by atoms with Crippen LogP contribution in [0, 0.1) is 0 Å². The van der Waals surface area contributed by atoms with Gasteiger partial charge >= 0.3 is 5.97 Å². The van der Waals surface area contributed by atoms with Crippen LogP contribution in [0.5, 0.6) is 0 Å². The van der Waals surface area contributed by atoms with Gasteiger partial charge in [0, 0.05) is 20.5 Å². The number of methoxy groups -OCH3 is 1. The molecule has 1 aliphatic rings. The van der Waals surface area contributed by atoms with Crippen LogP contribution in [-0.4, -0.2) is 43.0 Å². The van der Waals surface area contributed by atoms with Crippen LogP contribution in [-0.2, 0) is 23.9 Å². The number of hydrogen-bond donors (Lipinski definition) is 1. The van der Waals surface area contributed by atoms with Gasteiger partial charge in [-0.2, -0.15) is 0 Å². The molecule has 0 saturated carbocycles. The fourth-order valence-corrected chi connectivity index (χ4v) is 1.91. The molecular weight excluding hydrogens is 262 g/mol. The Kier molecular flexibility index (Phi) is 5.64. The molecule has 1 atom stereocenters. The lowest BCUT2D eigenvalue weighted by atomic mass is 9.90. The molecule has 0 bridgehead atoms. The molecule has 110 valence electrons. The molecule has 0 aromatic rings. The molecule has 0 spiro atoms. The van der Waals surface area contributed by atoms with Gasteiger partial charge in [-0.25, -0.2) is 4.79 Å². The van der Waals surface area contributed by atoms with Crippen molar-refractivity contribution < 1.29 is 23.9 Å². The van der Waals surface area contributed by atoms with E-state index in [0.717, 1.165) is 0 Å². The molecule has 1 rings (SSSR count). The second-order valence-corrected chi connectivity index (χ2v) is 4.44. The van der Waals surface area contributed by atoms with Gasteiger partial charge in [0.25, 0.3) is 0 Å². The Labute approximate surface area is 117 Å². The highest BCUT2D eigenvalue weighted by Crippen LogP contribution is 2.24. The first-order valence-electron chi connectivity index (χ1n) is 6.34. The summed E-state index contributed by atoms with van der Waals surface area (Å²) in [5, 5.41) is 2.54. The van der Waals surface area contributed by atoms with Gasteiger partial charge in [-0.3, -0.25) is 9.59 Å². The highest BCUT2D eigenvalue weighted by molar-refractivity contribution is 6.00. The van der Waals surface area contributed by atoms with Gasteiger partial charge < -0.3 is 14.8 Å². The van der Waals surface area contributed by atoms with Crippen LogP contribution in [0.25, 0.3) is 0 Å². The molecular formula is C14H19NO5. The number of amides is 1. The molecule has 6 nitrogen and oxygen atoms in total. The van der Waals surface area contributed by atoms with Crippen molar-refractivity contribution in [3.63, 3.8) is 0 Å². The van der Waals surface area contributed by atoms with Crippen molar-refractivity contribution in [2.24, 2.45) is 0 Å². The van der Waals surface area contributed by atoms with Crippen molar-refractivity contribution in [1.29, 1.82) is 0 Å². The van der Waals surface area contributed by atoms with Crippen LogP contribution in [0.1, 0.15) is 20.3 Å². The third kappa shape index (κ3) is 4.31. The smallest absolute Gasteiger partial charge is 0.328 e. The largest absolute Gasteiger partial charge is 0.464 e. The first-order valence-corrected chi connectivity index (χ1v) is 6.34. The Hall–Kier alpha value is -1.95. The standard InChI is InChI=1S/C14H19NO5/c1-4-20-13(18)12(15-10(2)16)9-14(19-3)7-5-11(17)6-8-14/h5-8,12H,4,9H2,1-3H3,(H,15,16). The molecule has 20 heavy (non-hydrogen) atoms. The van der Waals surface area contributed by atoms with E-state index in [2.05, 4.69) is 5.32 Å². The number of rotatable bonds is 6. The van der Waals surface area contributed by atoms with Crippen LogP contribution in [0.3, 0.4) is 0 Å². The van der Waals surface area contributed by atoms with E-state index in [1.54, 1.807) is 19.1 Å². The molecule has 6 heteroatoms. The van der Waals surface area contributed by atoms with Crippen LogP contribution in [0.2, 0.25) is 0 Å².